The fourth-order valence-corrected chi connectivity index (χ4v) is 5.17. The molecule has 1 aliphatic heterocycles. The van der Waals surface area contributed by atoms with E-state index in [0.29, 0.717) is 6.04 Å². The Bertz CT molecular complexity index is 1020. The first-order valence-corrected chi connectivity index (χ1v) is 11.7. The van der Waals surface area contributed by atoms with Gasteiger partial charge in [-0.15, -0.1) is 5.10 Å². The van der Waals surface area contributed by atoms with Gasteiger partial charge in [-0.25, -0.2) is 4.68 Å². The van der Waals surface area contributed by atoms with Gasteiger partial charge in [-0.05, 0) is 47.9 Å². The predicted molar refractivity (Wildman–Crippen MR) is 125 cm³/mol. The number of para-hydroxylation sites is 2. The summed E-state index contributed by atoms with van der Waals surface area (Å²) in [4.78, 5) is 4.95. The van der Waals surface area contributed by atoms with Crippen molar-refractivity contribution < 1.29 is 4.74 Å². The number of piperazine rings is 1. The van der Waals surface area contributed by atoms with E-state index in [9.17, 15) is 0 Å². The number of ether oxygens (including phenoxy) is 1. The Balaban J connectivity index is 1.42. The number of nitrogens with zero attached hydrogens (tertiary/aromatic N) is 6. The molecule has 2 heterocycles. The number of hydrogen-bond acceptors (Lipinski definition) is 6. The maximum absolute atomic E-state index is 5.60. The number of methoxy groups -OCH3 is 1. The molecule has 0 spiro atoms. The van der Waals surface area contributed by atoms with E-state index in [4.69, 9.17) is 4.74 Å². The highest BCUT2D eigenvalue weighted by Crippen LogP contribution is 2.35. The fraction of sp³-hybridized carbons (Fsp3) is 0.480. The molecule has 5 rings (SSSR count). The smallest absolute Gasteiger partial charge is 0.173 e. The van der Waals surface area contributed by atoms with Crippen molar-refractivity contribution in [2.75, 3.05) is 38.2 Å². The highest BCUT2D eigenvalue weighted by molar-refractivity contribution is 5.58. The lowest BCUT2D eigenvalue weighted by atomic mass is 10.0. The van der Waals surface area contributed by atoms with Crippen molar-refractivity contribution in [2.45, 2.75) is 44.7 Å². The molecule has 0 amide bonds. The van der Waals surface area contributed by atoms with Crippen molar-refractivity contribution in [3.05, 3.63) is 65.5 Å². The average molecular weight is 433 g/mol. The van der Waals surface area contributed by atoms with Crippen LogP contribution < -0.4 is 9.64 Å². The van der Waals surface area contributed by atoms with Gasteiger partial charge in [0.1, 0.15) is 5.75 Å². The van der Waals surface area contributed by atoms with Gasteiger partial charge in [0.05, 0.1) is 24.9 Å². The molecule has 168 valence electrons. The van der Waals surface area contributed by atoms with Crippen LogP contribution in [0.4, 0.5) is 5.69 Å². The minimum absolute atomic E-state index is 0.0611. The minimum Gasteiger partial charge on any atom is -0.495 e. The van der Waals surface area contributed by atoms with Crippen molar-refractivity contribution in [1.29, 1.82) is 0 Å². The summed E-state index contributed by atoms with van der Waals surface area (Å²) in [5.74, 6) is 1.91. The van der Waals surface area contributed by atoms with Crippen LogP contribution in [-0.2, 0) is 0 Å². The van der Waals surface area contributed by atoms with Crippen LogP contribution >= 0.6 is 0 Å². The summed E-state index contributed by atoms with van der Waals surface area (Å²) in [5, 5.41) is 13.1. The Morgan fingerprint density at radius 3 is 2.38 bits per heavy atom. The van der Waals surface area contributed by atoms with Crippen molar-refractivity contribution in [2.24, 2.45) is 0 Å². The number of aromatic nitrogens is 4. The van der Waals surface area contributed by atoms with Crippen molar-refractivity contribution in [3.8, 4) is 5.75 Å². The lowest BCUT2D eigenvalue weighted by Crippen LogP contribution is -2.48. The number of rotatable bonds is 6. The Hall–Kier alpha value is -2.93. The van der Waals surface area contributed by atoms with E-state index in [0.717, 1.165) is 43.4 Å². The molecule has 7 heteroatoms. The van der Waals surface area contributed by atoms with Gasteiger partial charge in [0.15, 0.2) is 5.82 Å². The highest BCUT2D eigenvalue weighted by Gasteiger charge is 2.33. The quantitative estimate of drug-likeness (QED) is 0.586. The van der Waals surface area contributed by atoms with Gasteiger partial charge in [-0.2, -0.15) is 0 Å². The number of aryl methyl sites for hydroxylation is 1. The Morgan fingerprint density at radius 1 is 0.938 bits per heavy atom. The molecule has 1 aromatic heterocycles. The monoisotopic (exact) mass is 432 g/mol. The number of anilines is 1. The molecule has 2 aliphatic rings. The van der Waals surface area contributed by atoms with Gasteiger partial charge in [-0.3, -0.25) is 4.90 Å². The molecule has 2 aromatic carbocycles. The maximum Gasteiger partial charge on any atom is 0.173 e. The predicted octanol–water partition coefficient (Wildman–Crippen LogP) is 4.02. The van der Waals surface area contributed by atoms with Crippen LogP contribution in [0.25, 0.3) is 0 Å². The van der Waals surface area contributed by atoms with Gasteiger partial charge in [0.25, 0.3) is 0 Å². The number of hydrogen-bond donors (Lipinski definition) is 0. The molecule has 1 atom stereocenters. The molecule has 1 saturated heterocycles. The molecular weight excluding hydrogens is 400 g/mol. The topological polar surface area (TPSA) is 59.3 Å². The normalized spacial score (nSPS) is 18.8. The SMILES string of the molecule is COc1ccccc1N1CCN([C@H](c2ccc(C)cc2)c2nnnn2C2CCCC2)CC1. The number of tetrazole rings is 1. The second-order valence-electron chi connectivity index (χ2n) is 8.93. The van der Waals surface area contributed by atoms with Crippen LogP contribution in [0.3, 0.4) is 0 Å². The largest absolute Gasteiger partial charge is 0.495 e. The van der Waals surface area contributed by atoms with Gasteiger partial charge >= 0.3 is 0 Å². The summed E-state index contributed by atoms with van der Waals surface area (Å²) in [6, 6.07) is 17.6. The zero-order valence-electron chi connectivity index (χ0n) is 19.0. The van der Waals surface area contributed by atoms with Crippen molar-refractivity contribution >= 4 is 5.69 Å². The van der Waals surface area contributed by atoms with E-state index >= 15 is 0 Å². The average Bonchev–Trinajstić information content (AvgIpc) is 3.53. The first-order valence-electron chi connectivity index (χ1n) is 11.7. The maximum atomic E-state index is 5.60. The molecule has 0 radical (unpaired) electrons. The molecule has 0 unspecified atom stereocenters. The summed E-state index contributed by atoms with van der Waals surface area (Å²) in [6.07, 6.45) is 4.86. The summed E-state index contributed by atoms with van der Waals surface area (Å²) >= 11 is 0. The van der Waals surface area contributed by atoms with Gasteiger partial charge in [0.2, 0.25) is 0 Å². The van der Waals surface area contributed by atoms with E-state index in [-0.39, 0.29) is 6.04 Å². The Labute approximate surface area is 190 Å². The molecule has 0 N–H and O–H groups in total. The van der Waals surface area contributed by atoms with E-state index in [2.05, 4.69) is 73.3 Å². The first-order chi connectivity index (χ1) is 15.7. The summed E-state index contributed by atoms with van der Waals surface area (Å²) in [7, 11) is 1.74. The second kappa shape index (κ2) is 9.28. The molecule has 32 heavy (non-hydrogen) atoms. The van der Waals surface area contributed by atoms with Gasteiger partial charge in [-0.1, -0.05) is 54.8 Å². The Kier molecular flexibility index (Phi) is 6.08. The first kappa shape index (κ1) is 20.9. The van der Waals surface area contributed by atoms with Crippen LogP contribution in [0.15, 0.2) is 48.5 Å². The van der Waals surface area contributed by atoms with E-state index < -0.39 is 0 Å². The third-order valence-corrected chi connectivity index (χ3v) is 6.93. The Morgan fingerprint density at radius 2 is 1.66 bits per heavy atom. The summed E-state index contributed by atoms with van der Waals surface area (Å²) < 4.78 is 7.72. The van der Waals surface area contributed by atoms with Crippen molar-refractivity contribution in [3.63, 3.8) is 0 Å². The zero-order valence-corrected chi connectivity index (χ0v) is 19.0. The molecule has 0 bridgehead atoms. The lowest BCUT2D eigenvalue weighted by molar-refractivity contribution is 0.197. The third-order valence-electron chi connectivity index (χ3n) is 6.93. The standard InChI is InChI=1S/C25H32N6O/c1-19-11-13-20(14-12-19)24(25-26-27-28-31(25)21-7-3-4-8-21)30-17-15-29(16-18-30)22-9-5-6-10-23(22)32-2/h5-6,9-14,21,24H,3-4,7-8,15-18H2,1-2H3/t24-/m1/s1. The van der Waals surface area contributed by atoms with Crippen LogP contribution in [0.5, 0.6) is 5.75 Å². The minimum atomic E-state index is 0.0611. The van der Waals surface area contributed by atoms with Crippen LogP contribution in [-0.4, -0.2) is 58.4 Å². The van der Waals surface area contributed by atoms with Crippen LogP contribution in [0.1, 0.15) is 54.7 Å². The number of benzene rings is 2. The van der Waals surface area contributed by atoms with Crippen LogP contribution in [0, 0.1) is 6.92 Å². The zero-order chi connectivity index (χ0) is 21.9. The van der Waals surface area contributed by atoms with E-state index in [1.165, 1.54) is 36.8 Å². The summed E-state index contributed by atoms with van der Waals surface area (Å²) in [5.41, 5.74) is 3.69. The molecule has 1 aliphatic carbocycles. The summed E-state index contributed by atoms with van der Waals surface area (Å²) in [6.45, 7) is 5.89. The van der Waals surface area contributed by atoms with Crippen LogP contribution in [0.2, 0.25) is 0 Å². The fourth-order valence-electron chi connectivity index (χ4n) is 5.17. The molecule has 1 saturated carbocycles. The second-order valence-corrected chi connectivity index (χ2v) is 8.93. The van der Waals surface area contributed by atoms with E-state index in [1.54, 1.807) is 7.11 Å². The van der Waals surface area contributed by atoms with Crippen molar-refractivity contribution in [1.82, 2.24) is 25.1 Å². The van der Waals surface area contributed by atoms with E-state index in [1.807, 2.05) is 12.1 Å². The van der Waals surface area contributed by atoms with Gasteiger partial charge < -0.3 is 9.64 Å². The lowest BCUT2D eigenvalue weighted by Gasteiger charge is -2.40. The van der Waals surface area contributed by atoms with Gasteiger partial charge in [0, 0.05) is 26.2 Å². The molecule has 3 aromatic rings. The molecule has 7 nitrogen and oxygen atoms in total. The molecule has 2 fully saturated rings. The molecular formula is C25H32N6O. The highest BCUT2D eigenvalue weighted by atomic mass is 16.5. The third kappa shape index (κ3) is 4.09.